The van der Waals surface area contributed by atoms with Crippen LogP contribution in [0, 0.1) is 0 Å². The van der Waals surface area contributed by atoms with Crippen molar-refractivity contribution in [3.05, 3.63) is 118 Å². The first-order valence-corrected chi connectivity index (χ1v) is 13.3. The summed E-state index contributed by atoms with van der Waals surface area (Å²) < 4.78 is 0. The summed E-state index contributed by atoms with van der Waals surface area (Å²) in [5, 5.41) is 6.37. The quantitative estimate of drug-likeness (QED) is 0.158. The minimum absolute atomic E-state index is 0.128. The number of hydrogen-bond acceptors (Lipinski definition) is 1. The number of benzene rings is 5. The first kappa shape index (κ1) is 20.8. The number of halogens is 2. The highest BCUT2D eigenvalue weighted by Gasteiger charge is 2.28. The Kier molecular flexibility index (Phi) is 5.20. The summed E-state index contributed by atoms with van der Waals surface area (Å²) in [5.41, 5.74) is 8.51. The van der Waals surface area contributed by atoms with Crippen LogP contribution in [-0.4, -0.2) is 5.78 Å². The fourth-order valence-electron chi connectivity index (χ4n) is 5.17. The predicted octanol–water partition coefficient (Wildman–Crippen LogP) is 8.59. The van der Waals surface area contributed by atoms with Crippen molar-refractivity contribution in [2.24, 2.45) is 0 Å². The van der Waals surface area contributed by atoms with Crippen molar-refractivity contribution < 1.29 is 4.79 Å². The largest absolute Gasteiger partial charge is 0.289 e. The molecule has 1 aliphatic rings. The Morgan fingerprint density at radius 1 is 0.636 bits per heavy atom. The van der Waals surface area contributed by atoms with Crippen LogP contribution in [0.5, 0.6) is 0 Å². The molecule has 0 saturated carbocycles. The summed E-state index contributed by atoms with van der Waals surface area (Å²) in [4.78, 5) is 13.8. The molecule has 1 aliphatic carbocycles. The molecule has 0 aliphatic heterocycles. The van der Waals surface area contributed by atoms with E-state index in [9.17, 15) is 4.79 Å². The van der Waals surface area contributed by atoms with Crippen LogP contribution < -0.4 is 0 Å². The van der Waals surface area contributed by atoms with Crippen LogP contribution in [0.15, 0.2) is 84.9 Å². The molecule has 0 radical (unpaired) electrons. The SMILES string of the molecule is O=C1c2ccccc2Cc2c(CBr)ccc(-c3ccc(CBr)c4cc5ccccc5cc34)c21. The lowest BCUT2D eigenvalue weighted by Crippen LogP contribution is -2.18. The molecule has 1 nitrogen and oxygen atoms in total. The molecular weight excluding hydrogens is 536 g/mol. The van der Waals surface area contributed by atoms with E-state index in [4.69, 9.17) is 0 Å². The lowest BCUT2D eigenvalue weighted by atomic mass is 9.78. The molecule has 0 N–H and O–H groups in total. The van der Waals surface area contributed by atoms with Gasteiger partial charge in [0.25, 0.3) is 0 Å². The summed E-state index contributed by atoms with van der Waals surface area (Å²) in [7, 11) is 0. The molecule has 0 bridgehead atoms. The minimum atomic E-state index is 0.128. The Morgan fingerprint density at radius 2 is 1.27 bits per heavy atom. The van der Waals surface area contributed by atoms with Crippen LogP contribution in [-0.2, 0) is 17.1 Å². The fraction of sp³-hybridized carbons (Fsp3) is 0.100. The summed E-state index contributed by atoms with van der Waals surface area (Å²) in [5.74, 6) is 0.128. The Balaban J connectivity index is 1.68. The number of rotatable bonds is 3. The number of hydrogen-bond donors (Lipinski definition) is 0. The molecule has 0 atom stereocenters. The van der Waals surface area contributed by atoms with Gasteiger partial charge in [0.05, 0.1) is 0 Å². The Bertz CT molecular complexity index is 1580. The number of alkyl halides is 2. The minimum Gasteiger partial charge on any atom is -0.289 e. The molecule has 0 amide bonds. The van der Waals surface area contributed by atoms with Crippen LogP contribution in [0.1, 0.15) is 38.2 Å². The van der Waals surface area contributed by atoms with Crippen molar-refractivity contribution in [2.45, 2.75) is 17.1 Å². The Hall–Kier alpha value is -2.75. The summed E-state index contributed by atoms with van der Waals surface area (Å²) in [6.45, 7) is 0. The average Bonchev–Trinajstić information content (AvgIpc) is 2.86. The zero-order valence-corrected chi connectivity index (χ0v) is 21.0. The van der Waals surface area contributed by atoms with Gasteiger partial charge in [0.1, 0.15) is 0 Å². The van der Waals surface area contributed by atoms with Crippen molar-refractivity contribution in [1.29, 1.82) is 0 Å². The smallest absolute Gasteiger partial charge is 0.194 e. The highest BCUT2D eigenvalue weighted by atomic mass is 79.9. The van der Waals surface area contributed by atoms with Gasteiger partial charge in [0.15, 0.2) is 5.78 Å². The van der Waals surface area contributed by atoms with E-state index < -0.39 is 0 Å². The monoisotopic (exact) mass is 554 g/mol. The van der Waals surface area contributed by atoms with Gasteiger partial charge in [-0.1, -0.05) is 105 Å². The van der Waals surface area contributed by atoms with Gasteiger partial charge in [-0.2, -0.15) is 0 Å². The summed E-state index contributed by atoms with van der Waals surface area (Å²) >= 11 is 7.32. The van der Waals surface area contributed by atoms with Crippen LogP contribution >= 0.6 is 31.9 Å². The van der Waals surface area contributed by atoms with Gasteiger partial charge in [-0.05, 0) is 73.5 Å². The van der Waals surface area contributed by atoms with Gasteiger partial charge in [0, 0.05) is 21.8 Å². The average molecular weight is 556 g/mol. The molecule has 6 rings (SSSR count). The zero-order valence-electron chi connectivity index (χ0n) is 17.9. The van der Waals surface area contributed by atoms with Gasteiger partial charge in [-0.15, -0.1) is 0 Å². The van der Waals surface area contributed by atoms with Gasteiger partial charge in [-0.25, -0.2) is 0 Å². The van der Waals surface area contributed by atoms with E-state index in [-0.39, 0.29) is 5.78 Å². The van der Waals surface area contributed by atoms with Crippen molar-refractivity contribution in [2.75, 3.05) is 0 Å². The third-order valence-electron chi connectivity index (χ3n) is 6.82. The maximum absolute atomic E-state index is 13.8. The zero-order chi connectivity index (χ0) is 22.5. The van der Waals surface area contributed by atoms with Crippen LogP contribution in [0.3, 0.4) is 0 Å². The predicted molar refractivity (Wildman–Crippen MR) is 145 cm³/mol. The second-order valence-electron chi connectivity index (χ2n) is 8.57. The number of ketones is 1. The van der Waals surface area contributed by atoms with Crippen molar-refractivity contribution in [3.8, 4) is 11.1 Å². The van der Waals surface area contributed by atoms with Crippen molar-refractivity contribution in [1.82, 2.24) is 0 Å². The topological polar surface area (TPSA) is 17.1 Å². The highest BCUT2D eigenvalue weighted by Crippen LogP contribution is 2.41. The summed E-state index contributed by atoms with van der Waals surface area (Å²) in [6, 6.07) is 29.7. The maximum Gasteiger partial charge on any atom is 0.194 e. The van der Waals surface area contributed by atoms with Gasteiger partial charge >= 0.3 is 0 Å². The number of carbonyl (C=O) groups is 1. The molecular formula is C30H20Br2O. The van der Waals surface area contributed by atoms with E-state index in [1.807, 2.05) is 18.2 Å². The van der Waals surface area contributed by atoms with E-state index in [1.165, 1.54) is 32.7 Å². The Morgan fingerprint density at radius 3 is 2.03 bits per heavy atom. The normalized spacial score (nSPS) is 12.7. The molecule has 5 aromatic carbocycles. The molecule has 0 unspecified atom stereocenters. The summed E-state index contributed by atoms with van der Waals surface area (Å²) in [6.07, 6.45) is 0.784. The number of carbonyl (C=O) groups excluding carboxylic acids is 1. The fourth-order valence-corrected chi connectivity index (χ4v) is 6.18. The molecule has 0 spiro atoms. The van der Waals surface area contributed by atoms with E-state index in [0.717, 1.165) is 50.5 Å². The Labute approximate surface area is 209 Å². The standard InChI is InChI=1S/C30H20Br2O/c31-16-21-9-11-24(28-14-19-6-2-1-5-18(19)13-26(21)28)25-12-10-22(17-32)27-15-20-7-3-4-8-23(20)30(33)29(25)27/h1-14H,15-17H2. The van der Waals surface area contributed by atoms with Crippen LogP contribution in [0.2, 0.25) is 0 Å². The second kappa shape index (κ2) is 8.23. The third kappa shape index (κ3) is 3.29. The maximum atomic E-state index is 13.8. The van der Waals surface area contributed by atoms with Gasteiger partial charge < -0.3 is 0 Å². The van der Waals surface area contributed by atoms with Gasteiger partial charge in [-0.3, -0.25) is 4.79 Å². The molecule has 0 saturated heterocycles. The molecule has 5 aromatic rings. The van der Waals surface area contributed by atoms with Crippen LogP contribution in [0.25, 0.3) is 32.7 Å². The van der Waals surface area contributed by atoms with Crippen molar-refractivity contribution in [3.63, 3.8) is 0 Å². The van der Waals surface area contributed by atoms with Gasteiger partial charge in [0.2, 0.25) is 0 Å². The molecule has 0 aromatic heterocycles. The number of fused-ring (bicyclic) bond motifs is 4. The van der Waals surface area contributed by atoms with Crippen LogP contribution in [0.4, 0.5) is 0 Å². The second-order valence-corrected chi connectivity index (χ2v) is 9.69. The lowest BCUT2D eigenvalue weighted by molar-refractivity contribution is 0.103. The van der Waals surface area contributed by atoms with E-state index in [0.29, 0.717) is 0 Å². The molecule has 0 fully saturated rings. The highest BCUT2D eigenvalue weighted by molar-refractivity contribution is 9.08. The van der Waals surface area contributed by atoms with Crippen molar-refractivity contribution >= 4 is 59.2 Å². The molecule has 0 heterocycles. The van der Waals surface area contributed by atoms with E-state index >= 15 is 0 Å². The van der Waals surface area contributed by atoms with E-state index in [1.54, 1.807) is 0 Å². The molecule has 160 valence electrons. The first-order chi connectivity index (χ1) is 16.2. The lowest BCUT2D eigenvalue weighted by Gasteiger charge is -2.24. The molecule has 3 heteroatoms. The first-order valence-electron chi connectivity index (χ1n) is 11.0. The molecule has 33 heavy (non-hydrogen) atoms. The van der Waals surface area contributed by atoms with E-state index in [2.05, 4.69) is 98.6 Å². The third-order valence-corrected chi connectivity index (χ3v) is 8.03.